The van der Waals surface area contributed by atoms with Crippen molar-refractivity contribution in [2.75, 3.05) is 11.9 Å². The number of carbonyl (C=O) groups excluding carboxylic acids is 2. The van der Waals surface area contributed by atoms with Crippen LogP contribution in [0.4, 0.5) is 5.00 Å². The molecule has 0 aliphatic rings. The minimum absolute atomic E-state index is 0.0405. The predicted octanol–water partition coefficient (Wildman–Crippen LogP) is 4.89. The van der Waals surface area contributed by atoms with Crippen LogP contribution in [0.1, 0.15) is 41.4 Å². The molecule has 0 aliphatic carbocycles. The van der Waals surface area contributed by atoms with Crippen molar-refractivity contribution in [3.05, 3.63) is 87.2 Å². The van der Waals surface area contributed by atoms with E-state index in [2.05, 4.69) is 10.4 Å². The second kappa shape index (κ2) is 10.4. The number of aryl methyl sites for hydroxylation is 2. The van der Waals surface area contributed by atoms with Gasteiger partial charge in [-0.15, -0.1) is 11.3 Å². The Kier molecular flexibility index (Phi) is 7.18. The number of hydrogen-bond donors (Lipinski definition) is 1. The van der Waals surface area contributed by atoms with Crippen LogP contribution in [0.5, 0.6) is 0 Å². The van der Waals surface area contributed by atoms with Crippen molar-refractivity contribution in [1.29, 1.82) is 0 Å². The van der Waals surface area contributed by atoms with Gasteiger partial charge >= 0.3 is 5.97 Å². The molecular weight excluding hydrogens is 450 g/mol. The van der Waals surface area contributed by atoms with Crippen LogP contribution in [0.15, 0.2) is 64.8 Å². The van der Waals surface area contributed by atoms with Crippen LogP contribution in [0, 0.1) is 6.92 Å². The Balaban J connectivity index is 1.67. The molecule has 0 radical (unpaired) electrons. The molecule has 7 nitrogen and oxygen atoms in total. The van der Waals surface area contributed by atoms with Crippen molar-refractivity contribution >= 4 is 39.0 Å². The van der Waals surface area contributed by atoms with Crippen LogP contribution in [0.2, 0.25) is 0 Å². The zero-order valence-corrected chi connectivity index (χ0v) is 19.9. The lowest BCUT2D eigenvalue weighted by atomic mass is 10.1. The van der Waals surface area contributed by atoms with E-state index in [1.54, 1.807) is 18.4 Å². The molecule has 0 saturated heterocycles. The SMILES string of the molecule is CCOC(=O)c1nn(-c2cccc(C)c2)c(=O)c2c(NC(=O)CCCc3ccccc3)scc12. The molecule has 0 unspecified atom stereocenters. The van der Waals surface area contributed by atoms with Crippen LogP contribution in [0.25, 0.3) is 16.5 Å². The Bertz CT molecular complexity index is 1390. The van der Waals surface area contributed by atoms with Crippen LogP contribution in [-0.4, -0.2) is 28.3 Å². The summed E-state index contributed by atoms with van der Waals surface area (Å²) >= 11 is 1.20. The summed E-state index contributed by atoms with van der Waals surface area (Å²) < 4.78 is 6.37. The molecule has 174 valence electrons. The normalized spacial score (nSPS) is 10.9. The molecule has 4 aromatic rings. The molecule has 2 aromatic heterocycles. The van der Waals surface area contributed by atoms with E-state index >= 15 is 0 Å². The lowest BCUT2D eigenvalue weighted by Crippen LogP contribution is -2.25. The fraction of sp³-hybridized carbons (Fsp3) is 0.231. The van der Waals surface area contributed by atoms with Crippen molar-refractivity contribution in [2.45, 2.75) is 33.1 Å². The molecule has 34 heavy (non-hydrogen) atoms. The molecule has 1 N–H and O–H groups in total. The Morgan fingerprint density at radius 1 is 1.12 bits per heavy atom. The van der Waals surface area contributed by atoms with E-state index in [0.29, 0.717) is 28.9 Å². The lowest BCUT2D eigenvalue weighted by molar-refractivity contribution is -0.116. The highest BCUT2D eigenvalue weighted by molar-refractivity contribution is 7.16. The van der Waals surface area contributed by atoms with E-state index in [1.807, 2.05) is 55.5 Å². The van der Waals surface area contributed by atoms with Gasteiger partial charge in [0, 0.05) is 17.2 Å². The van der Waals surface area contributed by atoms with Gasteiger partial charge in [0.25, 0.3) is 5.56 Å². The number of amides is 1. The smallest absolute Gasteiger partial charge is 0.359 e. The zero-order valence-electron chi connectivity index (χ0n) is 19.0. The summed E-state index contributed by atoms with van der Waals surface area (Å²) in [5, 5.41) is 9.88. The minimum atomic E-state index is -0.618. The molecule has 0 aliphatic heterocycles. The van der Waals surface area contributed by atoms with Gasteiger partial charge in [-0.05, 0) is 49.9 Å². The summed E-state index contributed by atoms with van der Waals surface area (Å²) in [4.78, 5) is 38.7. The van der Waals surface area contributed by atoms with Gasteiger partial charge in [0.2, 0.25) is 5.91 Å². The number of aromatic nitrogens is 2. The largest absolute Gasteiger partial charge is 0.461 e. The maximum atomic E-state index is 13.4. The van der Waals surface area contributed by atoms with E-state index < -0.39 is 11.5 Å². The Hall–Kier alpha value is -3.78. The summed E-state index contributed by atoms with van der Waals surface area (Å²) in [5.41, 5.74) is 2.28. The Morgan fingerprint density at radius 2 is 1.91 bits per heavy atom. The highest BCUT2D eigenvalue weighted by Gasteiger charge is 2.23. The van der Waals surface area contributed by atoms with Crippen molar-refractivity contribution in [2.24, 2.45) is 0 Å². The number of rotatable bonds is 8. The molecule has 2 heterocycles. The van der Waals surface area contributed by atoms with Gasteiger partial charge in [-0.3, -0.25) is 9.59 Å². The van der Waals surface area contributed by atoms with Gasteiger partial charge in [-0.25, -0.2) is 4.79 Å². The third kappa shape index (κ3) is 5.07. The molecule has 8 heteroatoms. The lowest BCUT2D eigenvalue weighted by Gasteiger charge is -2.10. The number of nitrogens with zero attached hydrogens (tertiary/aromatic N) is 2. The van der Waals surface area contributed by atoms with E-state index in [1.165, 1.54) is 21.6 Å². The minimum Gasteiger partial charge on any atom is -0.461 e. The second-order valence-electron chi connectivity index (χ2n) is 7.87. The van der Waals surface area contributed by atoms with Gasteiger partial charge in [-0.1, -0.05) is 42.5 Å². The summed E-state index contributed by atoms with van der Waals surface area (Å²) in [5.74, 6) is -0.803. The Labute approximate surface area is 201 Å². The zero-order chi connectivity index (χ0) is 24.1. The number of anilines is 1. The quantitative estimate of drug-likeness (QED) is 0.366. The number of benzene rings is 2. The fourth-order valence-electron chi connectivity index (χ4n) is 3.71. The number of fused-ring (bicyclic) bond motifs is 1. The van der Waals surface area contributed by atoms with Crippen LogP contribution >= 0.6 is 11.3 Å². The molecule has 1 amide bonds. The number of esters is 1. The fourth-order valence-corrected chi connectivity index (χ4v) is 4.67. The van der Waals surface area contributed by atoms with Crippen LogP contribution < -0.4 is 10.9 Å². The van der Waals surface area contributed by atoms with Crippen molar-refractivity contribution in [1.82, 2.24) is 9.78 Å². The summed E-state index contributed by atoms with van der Waals surface area (Å²) in [6.07, 6.45) is 1.79. The number of carbonyl (C=O) groups is 2. The monoisotopic (exact) mass is 475 g/mol. The molecule has 2 aromatic carbocycles. The van der Waals surface area contributed by atoms with Crippen LogP contribution in [0.3, 0.4) is 0 Å². The standard InChI is InChI=1S/C26H25N3O4S/c1-3-33-26(32)23-20-16-34-24(27-21(30)14-8-12-18-10-5-4-6-11-18)22(20)25(31)29(28-23)19-13-7-9-17(2)15-19/h4-7,9-11,13,15-16H,3,8,12,14H2,1-2H3,(H,27,30). The summed E-state index contributed by atoms with van der Waals surface area (Å²) in [6, 6.07) is 17.2. The summed E-state index contributed by atoms with van der Waals surface area (Å²) in [6.45, 7) is 3.80. The molecule has 0 fully saturated rings. The van der Waals surface area contributed by atoms with Gasteiger partial charge < -0.3 is 10.1 Å². The van der Waals surface area contributed by atoms with Crippen molar-refractivity contribution < 1.29 is 14.3 Å². The number of ether oxygens (including phenoxy) is 1. The van der Waals surface area contributed by atoms with Crippen molar-refractivity contribution in [3.8, 4) is 5.69 Å². The Morgan fingerprint density at radius 3 is 2.65 bits per heavy atom. The first-order chi connectivity index (χ1) is 16.5. The molecule has 4 rings (SSSR count). The van der Waals surface area contributed by atoms with Crippen molar-refractivity contribution in [3.63, 3.8) is 0 Å². The topological polar surface area (TPSA) is 90.3 Å². The van der Waals surface area contributed by atoms with E-state index in [0.717, 1.165) is 12.0 Å². The highest BCUT2D eigenvalue weighted by atomic mass is 32.1. The van der Waals surface area contributed by atoms with E-state index in [-0.39, 0.29) is 23.6 Å². The van der Waals surface area contributed by atoms with Gasteiger partial charge in [0.15, 0.2) is 5.69 Å². The van der Waals surface area contributed by atoms with Gasteiger partial charge in [-0.2, -0.15) is 9.78 Å². The number of nitrogens with one attached hydrogen (secondary N) is 1. The highest BCUT2D eigenvalue weighted by Crippen LogP contribution is 2.31. The summed E-state index contributed by atoms with van der Waals surface area (Å²) in [7, 11) is 0. The molecular formula is C26H25N3O4S. The molecule has 0 bridgehead atoms. The maximum absolute atomic E-state index is 13.4. The third-order valence-corrected chi connectivity index (χ3v) is 6.23. The maximum Gasteiger partial charge on any atom is 0.359 e. The first kappa shape index (κ1) is 23.4. The predicted molar refractivity (Wildman–Crippen MR) is 134 cm³/mol. The third-order valence-electron chi connectivity index (χ3n) is 5.33. The van der Waals surface area contributed by atoms with E-state index in [4.69, 9.17) is 4.74 Å². The number of hydrogen-bond acceptors (Lipinski definition) is 6. The first-order valence-corrected chi connectivity index (χ1v) is 12.0. The second-order valence-corrected chi connectivity index (χ2v) is 8.75. The molecule has 0 atom stereocenters. The molecule has 0 spiro atoms. The average Bonchev–Trinajstić information content (AvgIpc) is 3.24. The average molecular weight is 476 g/mol. The first-order valence-electron chi connectivity index (χ1n) is 11.1. The van der Waals surface area contributed by atoms with Crippen LogP contribution in [-0.2, 0) is 16.0 Å². The van der Waals surface area contributed by atoms with E-state index in [9.17, 15) is 14.4 Å². The van der Waals surface area contributed by atoms with Gasteiger partial charge in [0.1, 0.15) is 5.00 Å². The van der Waals surface area contributed by atoms with Gasteiger partial charge in [0.05, 0.1) is 17.7 Å². The number of thiophene rings is 1. The molecule has 0 saturated carbocycles.